The van der Waals surface area contributed by atoms with Gasteiger partial charge in [-0.15, -0.1) is 0 Å². The van der Waals surface area contributed by atoms with Crippen LogP contribution in [0.4, 0.5) is 0 Å². The van der Waals surface area contributed by atoms with E-state index in [0.29, 0.717) is 0 Å². The van der Waals surface area contributed by atoms with Crippen LogP contribution < -0.4 is 0 Å². The summed E-state index contributed by atoms with van der Waals surface area (Å²) < 4.78 is 0. The van der Waals surface area contributed by atoms with Crippen molar-refractivity contribution in [2.45, 2.75) is 111 Å². The van der Waals surface area contributed by atoms with Gasteiger partial charge in [0.1, 0.15) is 0 Å². The van der Waals surface area contributed by atoms with Crippen LogP contribution in [-0.2, 0) is 0 Å². The van der Waals surface area contributed by atoms with Gasteiger partial charge in [0.15, 0.2) is 0 Å². The lowest BCUT2D eigenvalue weighted by atomic mass is 9.74. The molecule has 0 aromatic heterocycles. The van der Waals surface area contributed by atoms with Gasteiger partial charge < -0.3 is 0 Å². The lowest BCUT2D eigenvalue weighted by molar-refractivity contribution is 0.187. The molecule has 0 bridgehead atoms. The molecule has 4 aliphatic rings. The van der Waals surface area contributed by atoms with Gasteiger partial charge in [0, 0.05) is 0 Å². The van der Waals surface area contributed by atoms with Crippen molar-refractivity contribution in [3.8, 4) is 0 Å². The Morgan fingerprint density at radius 2 is 0.917 bits per heavy atom. The summed E-state index contributed by atoms with van der Waals surface area (Å²) in [5, 5.41) is 0. The Balaban J connectivity index is 0.000000383. The van der Waals surface area contributed by atoms with Crippen molar-refractivity contribution in [2.24, 2.45) is 41.4 Å². The predicted octanol–water partition coefficient (Wildman–Crippen LogP) is 7.86. The Bertz CT molecular complexity index is 322. The van der Waals surface area contributed by atoms with Crippen LogP contribution in [0, 0.1) is 41.4 Å². The van der Waals surface area contributed by atoms with Gasteiger partial charge in [-0.2, -0.15) is 0 Å². The summed E-state index contributed by atoms with van der Waals surface area (Å²) in [6.45, 7) is 6.50. The van der Waals surface area contributed by atoms with Gasteiger partial charge in [-0.1, -0.05) is 59.3 Å². The van der Waals surface area contributed by atoms with E-state index in [-0.39, 0.29) is 0 Å². The quantitative estimate of drug-likeness (QED) is 0.493. The minimum Gasteiger partial charge on any atom is -0.0630 e. The van der Waals surface area contributed by atoms with Gasteiger partial charge in [-0.25, -0.2) is 0 Å². The highest BCUT2D eigenvalue weighted by atomic mass is 14.5. The van der Waals surface area contributed by atoms with E-state index >= 15 is 0 Å². The van der Waals surface area contributed by atoms with Crippen LogP contribution in [0.1, 0.15) is 111 Å². The van der Waals surface area contributed by atoms with E-state index in [2.05, 4.69) is 20.8 Å². The van der Waals surface area contributed by atoms with Crippen LogP contribution in [0.5, 0.6) is 0 Å². The van der Waals surface area contributed by atoms with E-state index in [0.717, 1.165) is 41.4 Å². The van der Waals surface area contributed by atoms with Gasteiger partial charge >= 0.3 is 0 Å². The largest absolute Gasteiger partial charge is 0.0630 e. The van der Waals surface area contributed by atoms with Gasteiger partial charge in [0.2, 0.25) is 0 Å². The van der Waals surface area contributed by atoms with Crippen molar-refractivity contribution in [1.29, 1.82) is 0 Å². The van der Waals surface area contributed by atoms with Crippen LogP contribution in [-0.4, -0.2) is 0 Å². The summed E-state index contributed by atoms with van der Waals surface area (Å²) >= 11 is 0. The summed E-state index contributed by atoms with van der Waals surface area (Å²) in [6.07, 6.45) is 22.1. The molecule has 0 heteroatoms. The zero-order chi connectivity index (χ0) is 16.9. The van der Waals surface area contributed by atoms with E-state index in [9.17, 15) is 0 Å². The lowest BCUT2D eigenvalue weighted by Crippen LogP contribution is -2.22. The van der Waals surface area contributed by atoms with Crippen molar-refractivity contribution in [3.63, 3.8) is 0 Å². The second kappa shape index (κ2) is 9.09. The molecule has 140 valence electrons. The van der Waals surface area contributed by atoms with Gasteiger partial charge in [0.05, 0.1) is 0 Å². The molecule has 0 spiro atoms. The highest BCUT2D eigenvalue weighted by Gasteiger charge is 2.40. The van der Waals surface area contributed by atoms with E-state index in [1.807, 2.05) is 0 Å². The fourth-order valence-electron chi connectivity index (χ4n) is 6.86. The summed E-state index contributed by atoms with van der Waals surface area (Å²) in [5.41, 5.74) is 0. The minimum atomic E-state index is 0.833. The number of fused-ring (bicyclic) bond motifs is 2. The maximum Gasteiger partial charge on any atom is -0.0357 e. The topological polar surface area (TPSA) is 0 Å². The molecule has 0 radical (unpaired) electrons. The second-order valence-corrected chi connectivity index (χ2v) is 10.4. The first-order chi connectivity index (χ1) is 11.6. The average Bonchev–Trinajstić information content (AvgIpc) is 3.16. The van der Waals surface area contributed by atoms with Gasteiger partial charge in [0.25, 0.3) is 0 Å². The summed E-state index contributed by atoms with van der Waals surface area (Å²) in [5.74, 6) is 7.74. The van der Waals surface area contributed by atoms with Crippen molar-refractivity contribution >= 4 is 0 Å². The molecule has 24 heavy (non-hydrogen) atoms. The van der Waals surface area contributed by atoms with Crippen molar-refractivity contribution in [3.05, 3.63) is 0 Å². The Morgan fingerprint density at radius 3 is 1.33 bits per heavy atom. The van der Waals surface area contributed by atoms with Crippen LogP contribution in [0.2, 0.25) is 0 Å². The molecule has 4 aliphatic carbocycles. The fraction of sp³-hybridized carbons (Fsp3) is 1.00. The van der Waals surface area contributed by atoms with E-state index in [1.165, 1.54) is 0 Å². The van der Waals surface area contributed by atoms with E-state index in [4.69, 9.17) is 0 Å². The fourth-order valence-corrected chi connectivity index (χ4v) is 6.86. The van der Waals surface area contributed by atoms with E-state index in [1.54, 1.807) is 89.9 Å². The van der Waals surface area contributed by atoms with E-state index < -0.39 is 0 Å². The molecule has 0 heterocycles. The number of hydrogen-bond acceptors (Lipinski definition) is 0. The van der Waals surface area contributed by atoms with Gasteiger partial charge in [-0.3, -0.25) is 0 Å². The molecule has 0 amide bonds. The Hall–Kier alpha value is 0. The minimum absolute atomic E-state index is 0.833. The maximum atomic E-state index is 2.17. The van der Waals surface area contributed by atoms with Crippen LogP contribution in [0.15, 0.2) is 0 Å². The zero-order valence-electron chi connectivity index (χ0n) is 16.9. The molecule has 0 saturated heterocycles. The molecule has 0 aromatic rings. The van der Waals surface area contributed by atoms with Crippen molar-refractivity contribution in [1.82, 2.24) is 0 Å². The number of hydrogen-bond donors (Lipinski definition) is 0. The smallest absolute Gasteiger partial charge is 0.0357 e. The normalized spacial score (nSPS) is 41.5. The zero-order valence-corrected chi connectivity index (χ0v) is 16.9. The van der Waals surface area contributed by atoms with Crippen LogP contribution in [0.3, 0.4) is 0 Å². The Labute approximate surface area is 152 Å². The predicted molar refractivity (Wildman–Crippen MR) is 106 cm³/mol. The molecular weight excluding hydrogens is 288 g/mol. The molecule has 0 nitrogen and oxygen atoms in total. The molecule has 0 aliphatic heterocycles. The van der Waals surface area contributed by atoms with Crippen LogP contribution in [0.25, 0.3) is 0 Å². The lowest BCUT2D eigenvalue weighted by Gasteiger charge is -2.32. The SMILES string of the molecule is C1CCC2C(C1)CCC2CCC1CCC2CCCCC21.CC(C)C. The summed E-state index contributed by atoms with van der Waals surface area (Å²) in [6, 6.07) is 0. The monoisotopic (exact) mass is 332 g/mol. The third-order valence-electron chi connectivity index (χ3n) is 7.87. The van der Waals surface area contributed by atoms with Crippen molar-refractivity contribution < 1.29 is 0 Å². The Kier molecular flexibility index (Phi) is 7.11. The Morgan fingerprint density at radius 1 is 0.542 bits per heavy atom. The highest BCUT2D eigenvalue weighted by molar-refractivity contribution is 4.91. The average molecular weight is 333 g/mol. The first-order valence-electron chi connectivity index (χ1n) is 11.6. The summed E-state index contributed by atoms with van der Waals surface area (Å²) in [4.78, 5) is 0. The molecule has 4 saturated carbocycles. The molecule has 0 aromatic carbocycles. The third-order valence-corrected chi connectivity index (χ3v) is 7.87. The maximum absolute atomic E-state index is 2.17. The first-order valence-corrected chi connectivity index (χ1v) is 11.6. The summed E-state index contributed by atoms with van der Waals surface area (Å²) in [7, 11) is 0. The highest BCUT2D eigenvalue weighted by Crippen LogP contribution is 2.51. The van der Waals surface area contributed by atoms with Crippen LogP contribution >= 0.6 is 0 Å². The molecule has 4 rings (SSSR count). The standard InChI is InChI=1S/C20H34.C4H10/c1-3-7-19-15(5-1)9-11-17(19)13-14-18-12-10-16-6-2-4-8-20(16)18;1-4(2)3/h15-20H,1-14H2;4H,1-3H3. The molecular formula is C24H44. The molecule has 6 atom stereocenters. The molecule has 4 fully saturated rings. The second-order valence-electron chi connectivity index (χ2n) is 10.4. The van der Waals surface area contributed by atoms with Gasteiger partial charge in [-0.05, 0) is 92.8 Å². The molecule has 0 N–H and O–H groups in total. The number of rotatable bonds is 3. The third kappa shape index (κ3) is 4.79. The van der Waals surface area contributed by atoms with Crippen molar-refractivity contribution in [2.75, 3.05) is 0 Å². The molecule has 6 unspecified atom stereocenters. The first kappa shape index (κ1) is 18.8.